The minimum Gasteiger partial charge on any atom is -0.425 e. The molecule has 14 heteroatoms. The Bertz CT molecular complexity index is 1760. The molecule has 4 rings (SSSR count). The quantitative estimate of drug-likeness (QED) is 0.110. The molecule has 0 aliphatic carbocycles. The minimum atomic E-state index is -5.48. The Kier molecular flexibility index (Phi) is 10.5. The van der Waals surface area contributed by atoms with Crippen molar-refractivity contribution in [2.24, 2.45) is 0 Å². The molecule has 0 aliphatic heterocycles. The van der Waals surface area contributed by atoms with Gasteiger partial charge in [0.2, 0.25) is 11.6 Å². The average Bonchev–Trinajstić information content (AvgIpc) is 3.00. The molecule has 0 saturated heterocycles. The second-order valence-electron chi connectivity index (χ2n) is 10.2. The number of alkyl halides is 4. The molecule has 250 valence electrons. The van der Waals surface area contributed by atoms with Gasteiger partial charge in [-0.15, -0.1) is 0 Å². The van der Waals surface area contributed by atoms with Crippen molar-refractivity contribution >= 4 is 0 Å². The molecule has 0 heterocycles. The summed E-state index contributed by atoms with van der Waals surface area (Å²) in [7, 11) is 0. The summed E-state index contributed by atoms with van der Waals surface area (Å²) in [5.41, 5.74) is -0.802. The second kappa shape index (κ2) is 14.0. The highest BCUT2D eigenvalue weighted by atomic mass is 19.3. The normalized spacial score (nSPS) is 11.9. The molecule has 0 atom stereocenters. The van der Waals surface area contributed by atoms with Gasteiger partial charge in [0, 0.05) is 5.56 Å². The smallest absolute Gasteiger partial charge is 0.425 e. The van der Waals surface area contributed by atoms with E-state index in [4.69, 9.17) is 0 Å². The highest BCUT2D eigenvalue weighted by Gasteiger charge is 2.45. The topological polar surface area (TPSA) is 18.5 Å². The van der Waals surface area contributed by atoms with Gasteiger partial charge in [0.25, 0.3) is 5.83 Å². The molecule has 4 aromatic rings. The van der Waals surface area contributed by atoms with Crippen LogP contribution in [-0.2, 0) is 12.5 Å². The lowest BCUT2D eigenvalue weighted by molar-refractivity contribution is -0.191. The summed E-state index contributed by atoms with van der Waals surface area (Å²) in [4.78, 5) is 0. The fourth-order valence-corrected chi connectivity index (χ4v) is 4.53. The van der Waals surface area contributed by atoms with Crippen LogP contribution in [0, 0.1) is 29.1 Å². The van der Waals surface area contributed by atoms with Gasteiger partial charge in [0.15, 0.2) is 11.5 Å². The van der Waals surface area contributed by atoms with Gasteiger partial charge in [-0.2, -0.15) is 39.5 Å². The number of aryl methyl sites for hydroxylation is 1. The molecule has 0 unspecified atom stereocenters. The van der Waals surface area contributed by atoms with Crippen molar-refractivity contribution in [1.29, 1.82) is 0 Å². The SMILES string of the molecule is CCCCCc1ccc(-c2ccc(-c3cc(F)c(C(F)(F)Oc4ccc(OC(F)(F)C(F)=C(F)F)c(F)c4F)c(F)c3)c(F)c2)cc1. The molecule has 2 nitrogen and oxygen atoms in total. The monoisotopic (exact) mass is 678 g/mol. The third-order valence-corrected chi connectivity index (χ3v) is 6.88. The standard InChI is InChI=1S/C33H22F12O2/c1-2-3-4-5-17-6-8-18(9-7-17)19-10-11-21(22(34)14-19)20-15-23(35)27(24(36)16-20)32(42,43)46-25-12-13-26(29(38)28(25)37)47-33(44,45)30(39)31(40)41/h6-16H,2-5H2,1H3. The average molecular weight is 679 g/mol. The van der Waals surface area contributed by atoms with Crippen molar-refractivity contribution in [2.75, 3.05) is 0 Å². The Morgan fingerprint density at radius 3 is 1.68 bits per heavy atom. The number of ether oxygens (including phenoxy) is 2. The Labute approximate surface area is 259 Å². The van der Waals surface area contributed by atoms with E-state index in [-0.39, 0.29) is 17.7 Å². The Morgan fingerprint density at radius 1 is 0.617 bits per heavy atom. The number of halogens is 12. The maximum absolute atomic E-state index is 15.1. The number of unbranched alkanes of at least 4 members (excludes halogenated alkanes) is 2. The summed E-state index contributed by atoms with van der Waals surface area (Å²) in [5.74, 6) is -17.0. The molecule has 0 radical (unpaired) electrons. The Balaban J connectivity index is 1.57. The first-order valence-electron chi connectivity index (χ1n) is 13.8. The maximum Gasteiger partial charge on any atom is 0.459 e. The van der Waals surface area contributed by atoms with Crippen LogP contribution in [0.15, 0.2) is 78.6 Å². The van der Waals surface area contributed by atoms with Gasteiger partial charge in [-0.25, -0.2) is 13.2 Å². The molecule has 0 fully saturated rings. The van der Waals surface area contributed by atoms with E-state index in [1.807, 2.05) is 12.1 Å². The summed E-state index contributed by atoms with van der Waals surface area (Å²) in [5, 5.41) is 0. The lowest BCUT2D eigenvalue weighted by atomic mass is 9.97. The van der Waals surface area contributed by atoms with E-state index < -0.39 is 75.8 Å². The van der Waals surface area contributed by atoms with E-state index >= 15 is 4.39 Å². The first-order valence-corrected chi connectivity index (χ1v) is 13.8. The van der Waals surface area contributed by atoms with Crippen LogP contribution < -0.4 is 9.47 Å². The lowest BCUT2D eigenvalue weighted by Crippen LogP contribution is -2.27. The number of rotatable bonds is 12. The molecule has 0 aliphatic rings. The zero-order valence-electron chi connectivity index (χ0n) is 24.0. The Morgan fingerprint density at radius 2 is 1.15 bits per heavy atom. The molecule has 47 heavy (non-hydrogen) atoms. The zero-order valence-corrected chi connectivity index (χ0v) is 24.0. The van der Waals surface area contributed by atoms with Crippen molar-refractivity contribution < 1.29 is 62.2 Å². The van der Waals surface area contributed by atoms with Crippen LogP contribution in [0.2, 0.25) is 0 Å². The largest absolute Gasteiger partial charge is 0.459 e. The molecule has 0 N–H and O–H groups in total. The van der Waals surface area contributed by atoms with Crippen LogP contribution in [0.5, 0.6) is 11.5 Å². The molecule has 0 aromatic heterocycles. The van der Waals surface area contributed by atoms with E-state index in [9.17, 15) is 48.3 Å². The van der Waals surface area contributed by atoms with Gasteiger partial charge in [0.1, 0.15) is 23.0 Å². The van der Waals surface area contributed by atoms with Crippen LogP contribution in [0.25, 0.3) is 22.3 Å². The molecule has 0 spiro atoms. The van der Waals surface area contributed by atoms with Gasteiger partial charge in [-0.1, -0.05) is 56.2 Å². The predicted octanol–water partition coefficient (Wildman–Crippen LogP) is 11.6. The van der Waals surface area contributed by atoms with Gasteiger partial charge >= 0.3 is 18.3 Å². The summed E-state index contributed by atoms with van der Waals surface area (Å²) in [6.07, 6.45) is -10.1. The van der Waals surface area contributed by atoms with Crippen LogP contribution in [-0.4, -0.2) is 6.11 Å². The fraction of sp³-hybridized carbons (Fsp3) is 0.212. The third-order valence-electron chi connectivity index (χ3n) is 6.88. The molecule has 0 amide bonds. The summed E-state index contributed by atoms with van der Waals surface area (Å²) >= 11 is 0. The van der Waals surface area contributed by atoms with Crippen LogP contribution in [0.1, 0.15) is 37.3 Å². The fourth-order valence-electron chi connectivity index (χ4n) is 4.53. The first-order chi connectivity index (χ1) is 22.1. The van der Waals surface area contributed by atoms with Crippen molar-refractivity contribution in [3.8, 4) is 33.8 Å². The van der Waals surface area contributed by atoms with Crippen molar-refractivity contribution in [3.63, 3.8) is 0 Å². The summed E-state index contributed by atoms with van der Waals surface area (Å²) in [6, 6.07) is 11.8. The van der Waals surface area contributed by atoms with E-state index in [2.05, 4.69) is 16.4 Å². The van der Waals surface area contributed by atoms with Gasteiger partial charge in [0.05, 0.1) is 0 Å². The third kappa shape index (κ3) is 7.86. The highest BCUT2D eigenvalue weighted by molar-refractivity contribution is 5.71. The minimum absolute atomic E-state index is 0.00857. The van der Waals surface area contributed by atoms with E-state index in [0.717, 1.165) is 37.3 Å². The lowest BCUT2D eigenvalue weighted by Gasteiger charge is -2.21. The molecule has 4 aromatic carbocycles. The second-order valence-corrected chi connectivity index (χ2v) is 10.2. The highest BCUT2D eigenvalue weighted by Crippen LogP contribution is 2.41. The van der Waals surface area contributed by atoms with Gasteiger partial charge in [-0.3, -0.25) is 0 Å². The Hall–Kier alpha value is -4.62. The predicted molar refractivity (Wildman–Crippen MR) is 147 cm³/mol. The number of hydrogen-bond acceptors (Lipinski definition) is 2. The van der Waals surface area contributed by atoms with Gasteiger partial charge < -0.3 is 9.47 Å². The van der Waals surface area contributed by atoms with E-state index in [0.29, 0.717) is 23.3 Å². The zero-order chi connectivity index (χ0) is 34.7. The number of benzene rings is 4. The van der Waals surface area contributed by atoms with Crippen LogP contribution in [0.3, 0.4) is 0 Å². The van der Waals surface area contributed by atoms with Crippen LogP contribution >= 0.6 is 0 Å². The molecular weight excluding hydrogens is 656 g/mol. The van der Waals surface area contributed by atoms with Crippen molar-refractivity contribution in [3.05, 3.63) is 119 Å². The van der Waals surface area contributed by atoms with Crippen molar-refractivity contribution in [2.45, 2.75) is 44.8 Å². The first kappa shape index (κ1) is 35.2. The van der Waals surface area contributed by atoms with Gasteiger partial charge in [-0.05, 0) is 65.4 Å². The summed E-state index contributed by atoms with van der Waals surface area (Å²) in [6.45, 7) is 2.08. The van der Waals surface area contributed by atoms with Crippen molar-refractivity contribution in [1.82, 2.24) is 0 Å². The van der Waals surface area contributed by atoms with E-state index in [1.165, 1.54) is 12.1 Å². The van der Waals surface area contributed by atoms with Crippen LogP contribution in [0.4, 0.5) is 52.7 Å². The number of hydrogen-bond donors (Lipinski definition) is 0. The van der Waals surface area contributed by atoms with E-state index in [1.54, 1.807) is 12.1 Å². The molecular formula is C33H22F12O2. The molecule has 0 saturated carbocycles. The summed E-state index contributed by atoms with van der Waals surface area (Å²) < 4.78 is 175. The molecule has 0 bridgehead atoms. The maximum atomic E-state index is 15.1.